The fourth-order valence-electron chi connectivity index (χ4n) is 3.69. The maximum absolute atomic E-state index is 13.0. The number of carbonyl (C=O) groups is 1. The molecule has 29 heavy (non-hydrogen) atoms. The van der Waals surface area contributed by atoms with Gasteiger partial charge in [0.1, 0.15) is 5.82 Å². The van der Waals surface area contributed by atoms with Crippen molar-refractivity contribution >= 4 is 11.7 Å². The smallest absolute Gasteiger partial charge is 0.253 e. The Balaban J connectivity index is 1.42. The summed E-state index contributed by atoms with van der Waals surface area (Å²) in [6.45, 7) is 1.22. The van der Waals surface area contributed by atoms with Gasteiger partial charge in [-0.1, -0.05) is 18.2 Å². The first-order valence-electron chi connectivity index (χ1n) is 9.68. The molecule has 3 N–H and O–H groups in total. The fourth-order valence-corrected chi connectivity index (χ4v) is 3.69. The number of nitrogens with two attached hydrogens (primary N) is 1. The minimum absolute atomic E-state index is 0.0129. The van der Waals surface area contributed by atoms with E-state index in [1.165, 1.54) is 6.20 Å². The molecule has 1 unspecified atom stereocenters. The summed E-state index contributed by atoms with van der Waals surface area (Å²) >= 11 is 0. The highest BCUT2D eigenvalue weighted by atomic mass is 16.3. The zero-order valence-corrected chi connectivity index (χ0v) is 16.0. The van der Waals surface area contributed by atoms with Gasteiger partial charge in [0.05, 0.1) is 29.9 Å². The van der Waals surface area contributed by atoms with Crippen molar-refractivity contribution in [3.8, 4) is 11.3 Å². The van der Waals surface area contributed by atoms with Crippen molar-refractivity contribution in [2.75, 3.05) is 18.8 Å². The standard InChI is InChI=1S/C22H23N5O2/c23-20-14-25-19(13-26-20)16-4-3-5-17(12-16)22(29)27-10-7-15(8-11-27)21(28)18-6-1-2-9-24-18/h1-6,9,12-15,21,28H,7-8,10-11H2,(H2,23,26). The van der Waals surface area contributed by atoms with Gasteiger partial charge >= 0.3 is 0 Å². The van der Waals surface area contributed by atoms with Crippen LogP contribution in [0.2, 0.25) is 0 Å². The molecule has 148 valence electrons. The third-order valence-electron chi connectivity index (χ3n) is 5.34. The Hall–Kier alpha value is -3.32. The maximum Gasteiger partial charge on any atom is 0.253 e. The van der Waals surface area contributed by atoms with E-state index < -0.39 is 6.10 Å². The topological polar surface area (TPSA) is 105 Å². The molecule has 0 radical (unpaired) electrons. The number of carbonyl (C=O) groups excluding carboxylic acids is 1. The lowest BCUT2D eigenvalue weighted by atomic mass is 9.89. The Morgan fingerprint density at radius 2 is 1.90 bits per heavy atom. The van der Waals surface area contributed by atoms with Gasteiger partial charge < -0.3 is 15.7 Å². The number of aromatic nitrogens is 3. The molecule has 1 amide bonds. The average molecular weight is 389 g/mol. The highest BCUT2D eigenvalue weighted by molar-refractivity contribution is 5.95. The van der Waals surface area contributed by atoms with Gasteiger partial charge in [0.15, 0.2) is 0 Å². The molecule has 3 heterocycles. The molecule has 1 saturated heterocycles. The average Bonchev–Trinajstić information content (AvgIpc) is 2.79. The van der Waals surface area contributed by atoms with Crippen LogP contribution in [0.25, 0.3) is 11.3 Å². The molecule has 4 rings (SSSR count). The van der Waals surface area contributed by atoms with E-state index in [1.54, 1.807) is 12.4 Å². The van der Waals surface area contributed by atoms with E-state index in [0.29, 0.717) is 35.9 Å². The predicted molar refractivity (Wildman–Crippen MR) is 110 cm³/mol. The molecular formula is C22H23N5O2. The molecule has 7 nitrogen and oxygen atoms in total. The normalized spacial score (nSPS) is 15.8. The van der Waals surface area contributed by atoms with Crippen LogP contribution in [0.4, 0.5) is 5.82 Å². The quantitative estimate of drug-likeness (QED) is 0.711. The second-order valence-electron chi connectivity index (χ2n) is 7.24. The predicted octanol–water partition coefficient (Wildman–Crippen LogP) is 2.71. The molecule has 2 aromatic heterocycles. The zero-order valence-electron chi connectivity index (χ0n) is 16.0. The summed E-state index contributed by atoms with van der Waals surface area (Å²) in [4.78, 5) is 27.4. The van der Waals surface area contributed by atoms with E-state index in [1.807, 2.05) is 47.4 Å². The van der Waals surface area contributed by atoms with E-state index in [0.717, 1.165) is 18.4 Å². The molecule has 0 spiro atoms. The Bertz CT molecular complexity index is 970. The van der Waals surface area contributed by atoms with Crippen molar-refractivity contribution in [1.29, 1.82) is 0 Å². The molecule has 0 saturated carbocycles. The Labute approximate surface area is 169 Å². The lowest BCUT2D eigenvalue weighted by molar-refractivity contribution is 0.0447. The lowest BCUT2D eigenvalue weighted by Gasteiger charge is -2.34. The largest absolute Gasteiger partial charge is 0.387 e. The van der Waals surface area contributed by atoms with Crippen LogP contribution in [0.5, 0.6) is 0 Å². The van der Waals surface area contributed by atoms with Crippen molar-refractivity contribution in [3.05, 3.63) is 72.3 Å². The minimum atomic E-state index is -0.596. The second kappa shape index (κ2) is 8.36. The number of likely N-dealkylation sites (tertiary alicyclic amines) is 1. The van der Waals surface area contributed by atoms with Crippen molar-refractivity contribution in [1.82, 2.24) is 19.9 Å². The van der Waals surface area contributed by atoms with Gasteiger partial charge in [-0.2, -0.15) is 0 Å². The van der Waals surface area contributed by atoms with Crippen LogP contribution in [0.3, 0.4) is 0 Å². The van der Waals surface area contributed by atoms with Crippen LogP contribution >= 0.6 is 0 Å². The highest BCUT2D eigenvalue weighted by Crippen LogP contribution is 2.30. The van der Waals surface area contributed by atoms with E-state index >= 15 is 0 Å². The second-order valence-corrected chi connectivity index (χ2v) is 7.24. The van der Waals surface area contributed by atoms with Crippen LogP contribution in [0.1, 0.15) is 35.0 Å². The van der Waals surface area contributed by atoms with Gasteiger partial charge in [-0.15, -0.1) is 0 Å². The van der Waals surface area contributed by atoms with Crippen LogP contribution in [-0.2, 0) is 0 Å². The SMILES string of the molecule is Nc1cnc(-c2cccc(C(=O)N3CCC(C(O)c4ccccn4)CC3)c2)cn1. The van der Waals surface area contributed by atoms with Gasteiger partial charge in [0.2, 0.25) is 0 Å². The molecule has 1 aliphatic rings. The molecule has 1 aromatic carbocycles. The first-order valence-corrected chi connectivity index (χ1v) is 9.68. The fraction of sp³-hybridized carbons (Fsp3) is 0.273. The number of aliphatic hydroxyl groups is 1. The number of nitrogen functional groups attached to an aromatic ring is 1. The number of aliphatic hydroxyl groups excluding tert-OH is 1. The number of piperidine rings is 1. The number of amides is 1. The van der Waals surface area contributed by atoms with Crippen LogP contribution in [-0.4, -0.2) is 44.0 Å². The van der Waals surface area contributed by atoms with Gasteiger partial charge in [-0.3, -0.25) is 14.8 Å². The molecule has 1 fully saturated rings. The van der Waals surface area contributed by atoms with E-state index in [2.05, 4.69) is 15.0 Å². The Morgan fingerprint density at radius 3 is 2.59 bits per heavy atom. The first-order chi connectivity index (χ1) is 14.1. The lowest BCUT2D eigenvalue weighted by Crippen LogP contribution is -2.39. The Morgan fingerprint density at radius 1 is 1.07 bits per heavy atom. The summed E-state index contributed by atoms with van der Waals surface area (Å²) in [6, 6.07) is 12.9. The van der Waals surface area contributed by atoms with Crippen molar-refractivity contribution in [2.24, 2.45) is 5.92 Å². The van der Waals surface area contributed by atoms with Crippen molar-refractivity contribution < 1.29 is 9.90 Å². The molecule has 0 bridgehead atoms. The first kappa shape index (κ1) is 19.0. The molecule has 3 aromatic rings. The number of hydrogen-bond donors (Lipinski definition) is 2. The van der Waals surface area contributed by atoms with Crippen molar-refractivity contribution in [2.45, 2.75) is 18.9 Å². The molecule has 1 atom stereocenters. The van der Waals surface area contributed by atoms with Crippen molar-refractivity contribution in [3.63, 3.8) is 0 Å². The summed E-state index contributed by atoms with van der Waals surface area (Å²) in [5.41, 5.74) is 8.39. The summed E-state index contributed by atoms with van der Waals surface area (Å²) < 4.78 is 0. The molecule has 1 aliphatic heterocycles. The molecular weight excluding hydrogens is 366 g/mol. The third kappa shape index (κ3) is 4.25. The third-order valence-corrected chi connectivity index (χ3v) is 5.34. The number of pyridine rings is 1. The molecule has 0 aliphatic carbocycles. The molecule has 7 heteroatoms. The number of nitrogens with zero attached hydrogens (tertiary/aromatic N) is 4. The highest BCUT2D eigenvalue weighted by Gasteiger charge is 2.29. The van der Waals surface area contributed by atoms with Crippen LogP contribution < -0.4 is 5.73 Å². The van der Waals surface area contributed by atoms with Gasteiger partial charge in [-0.05, 0) is 43.0 Å². The summed E-state index contributed by atoms with van der Waals surface area (Å²) in [6.07, 6.45) is 5.68. The van der Waals surface area contributed by atoms with Gasteiger partial charge in [-0.25, -0.2) is 4.98 Å². The van der Waals surface area contributed by atoms with E-state index in [-0.39, 0.29) is 11.8 Å². The van der Waals surface area contributed by atoms with Crippen LogP contribution in [0, 0.1) is 5.92 Å². The van der Waals surface area contributed by atoms with E-state index in [4.69, 9.17) is 5.73 Å². The monoisotopic (exact) mass is 389 g/mol. The summed E-state index contributed by atoms with van der Waals surface area (Å²) in [5, 5.41) is 10.6. The number of benzene rings is 1. The van der Waals surface area contributed by atoms with Crippen LogP contribution in [0.15, 0.2) is 61.1 Å². The maximum atomic E-state index is 13.0. The zero-order chi connectivity index (χ0) is 20.2. The van der Waals surface area contributed by atoms with E-state index in [9.17, 15) is 9.90 Å². The summed E-state index contributed by atoms with van der Waals surface area (Å²) in [5.74, 6) is 0.447. The summed E-state index contributed by atoms with van der Waals surface area (Å²) in [7, 11) is 0. The number of hydrogen-bond acceptors (Lipinski definition) is 6. The number of anilines is 1. The number of rotatable bonds is 4. The Kier molecular flexibility index (Phi) is 5.48. The minimum Gasteiger partial charge on any atom is -0.387 e. The van der Waals surface area contributed by atoms with Gasteiger partial charge in [0, 0.05) is 30.4 Å². The van der Waals surface area contributed by atoms with Gasteiger partial charge in [0.25, 0.3) is 5.91 Å².